The highest BCUT2D eigenvalue weighted by atomic mass is 16.7. The minimum absolute atomic E-state index is 0.200. The van der Waals surface area contributed by atoms with E-state index in [1.54, 1.807) is 6.08 Å². The molecular weight excluding hydrogens is 743 g/mol. The van der Waals surface area contributed by atoms with Gasteiger partial charge in [-0.1, -0.05) is 218 Å². The van der Waals surface area contributed by atoms with Gasteiger partial charge in [0.25, 0.3) is 0 Å². The molecule has 0 aromatic heterocycles. The third-order valence-electron chi connectivity index (χ3n) is 12.0. The fourth-order valence-corrected chi connectivity index (χ4v) is 8.00. The molecule has 0 spiro atoms. The molecule has 0 radical (unpaired) electrons. The molecule has 7 unspecified atom stereocenters. The molecule has 0 bridgehead atoms. The molecule has 1 heterocycles. The maximum Gasteiger partial charge on any atom is 0.220 e. The van der Waals surface area contributed by atoms with Crippen molar-refractivity contribution in [2.75, 3.05) is 13.2 Å². The lowest BCUT2D eigenvalue weighted by atomic mass is 9.99. The van der Waals surface area contributed by atoms with Crippen molar-refractivity contribution < 1.29 is 39.8 Å². The quantitative estimate of drug-likeness (QED) is 0.0263. The fraction of sp³-hybridized carbons (Fsp3) is 0.900. The lowest BCUT2D eigenvalue weighted by molar-refractivity contribution is -0.302. The molecule has 59 heavy (non-hydrogen) atoms. The predicted molar refractivity (Wildman–Crippen MR) is 244 cm³/mol. The van der Waals surface area contributed by atoms with E-state index in [1.807, 2.05) is 6.08 Å². The summed E-state index contributed by atoms with van der Waals surface area (Å²) < 4.78 is 11.1. The molecule has 0 aromatic rings. The van der Waals surface area contributed by atoms with Crippen LogP contribution in [0.4, 0.5) is 0 Å². The van der Waals surface area contributed by atoms with Crippen LogP contribution in [0.1, 0.15) is 232 Å². The summed E-state index contributed by atoms with van der Waals surface area (Å²) in [6.07, 6.45) is 43.4. The van der Waals surface area contributed by atoms with Crippen LogP contribution < -0.4 is 5.32 Å². The molecule has 0 aromatic carbocycles. The van der Waals surface area contributed by atoms with E-state index in [0.29, 0.717) is 6.42 Å². The van der Waals surface area contributed by atoms with Gasteiger partial charge in [-0.3, -0.25) is 4.79 Å². The largest absolute Gasteiger partial charge is 0.394 e. The Kier molecular flexibility index (Phi) is 38.4. The number of carbonyl (C=O) groups is 1. The SMILES string of the molecule is CCCCCCCCCCCCCCCCCCCCCCCCCCCC/C=C/CC/C=C/C(O)C(COC1OC(CO)C(O)C(O)C1O)NC(=O)CCCCCC. The number of allylic oxidation sites excluding steroid dienone is 3. The molecule has 9 nitrogen and oxygen atoms in total. The summed E-state index contributed by atoms with van der Waals surface area (Å²) in [5.74, 6) is -0.204. The van der Waals surface area contributed by atoms with E-state index >= 15 is 0 Å². The molecule has 1 fully saturated rings. The normalized spacial score (nSPS) is 20.8. The van der Waals surface area contributed by atoms with Gasteiger partial charge in [0.05, 0.1) is 25.4 Å². The summed E-state index contributed by atoms with van der Waals surface area (Å²) in [6.45, 7) is 3.63. The van der Waals surface area contributed by atoms with Crippen molar-refractivity contribution in [1.29, 1.82) is 0 Å². The number of hydrogen-bond acceptors (Lipinski definition) is 8. The molecule has 0 aliphatic carbocycles. The van der Waals surface area contributed by atoms with Gasteiger partial charge >= 0.3 is 0 Å². The second kappa shape index (κ2) is 40.7. The van der Waals surface area contributed by atoms with Crippen molar-refractivity contribution in [3.63, 3.8) is 0 Å². The average Bonchev–Trinajstić information content (AvgIpc) is 3.23. The van der Waals surface area contributed by atoms with E-state index in [2.05, 4.69) is 31.3 Å². The Balaban J connectivity index is 2.05. The third-order valence-corrected chi connectivity index (χ3v) is 12.0. The topological polar surface area (TPSA) is 149 Å². The molecule has 1 aliphatic heterocycles. The Morgan fingerprint density at radius 1 is 0.559 bits per heavy atom. The number of unbranched alkanes of at least 4 members (excludes halogenated alkanes) is 30. The van der Waals surface area contributed by atoms with Crippen LogP contribution in [0.2, 0.25) is 0 Å². The standard InChI is InChI=1S/C50H95NO8/c1-3-5-7-9-10-11-12-13-14-15-16-17-18-19-20-21-22-23-24-25-26-27-28-29-30-31-32-33-34-35-36-37-39-44(53)43(51-46(54)40-38-8-6-4-2)42-58-50-49(57)48(56)47(55)45(41-52)59-50/h33-34,37,39,43-45,47-50,52-53,55-57H,3-32,35-36,38,40-42H2,1-2H3,(H,51,54)/b34-33+,39-37+. The van der Waals surface area contributed by atoms with Gasteiger partial charge < -0.3 is 40.3 Å². The average molecular weight is 838 g/mol. The third kappa shape index (κ3) is 31.2. The van der Waals surface area contributed by atoms with Gasteiger partial charge in [0.1, 0.15) is 24.4 Å². The second-order valence-corrected chi connectivity index (χ2v) is 17.6. The number of aliphatic hydroxyl groups excluding tert-OH is 5. The zero-order valence-corrected chi connectivity index (χ0v) is 38.3. The predicted octanol–water partition coefficient (Wildman–Crippen LogP) is 11.1. The van der Waals surface area contributed by atoms with Crippen molar-refractivity contribution in [3.05, 3.63) is 24.3 Å². The lowest BCUT2D eigenvalue weighted by Crippen LogP contribution is -2.60. The van der Waals surface area contributed by atoms with Gasteiger partial charge in [0, 0.05) is 6.42 Å². The molecule has 6 N–H and O–H groups in total. The van der Waals surface area contributed by atoms with Gasteiger partial charge in [-0.2, -0.15) is 0 Å². The summed E-state index contributed by atoms with van der Waals surface area (Å²) in [4.78, 5) is 12.7. The molecule has 0 saturated carbocycles. The molecule has 9 heteroatoms. The van der Waals surface area contributed by atoms with Gasteiger partial charge in [0.2, 0.25) is 5.91 Å². The van der Waals surface area contributed by atoms with Crippen LogP contribution in [0.25, 0.3) is 0 Å². The Hall–Kier alpha value is -1.33. The van der Waals surface area contributed by atoms with Crippen molar-refractivity contribution in [2.24, 2.45) is 0 Å². The summed E-state index contributed by atoms with van der Waals surface area (Å²) in [7, 11) is 0. The van der Waals surface area contributed by atoms with Crippen LogP contribution in [0, 0.1) is 0 Å². The first-order valence-corrected chi connectivity index (χ1v) is 25.1. The lowest BCUT2D eigenvalue weighted by Gasteiger charge is -2.40. The van der Waals surface area contributed by atoms with Crippen LogP contribution in [-0.2, 0) is 14.3 Å². The summed E-state index contributed by atoms with van der Waals surface area (Å²) in [5.41, 5.74) is 0. The van der Waals surface area contributed by atoms with Crippen molar-refractivity contribution in [3.8, 4) is 0 Å². The Labute approximate surface area is 362 Å². The fourth-order valence-electron chi connectivity index (χ4n) is 8.00. The number of nitrogens with one attached hydrogen (secondary N) is 1. The van der Waals surface area contributed by atoms with Gasteiger partial charge in [-0.25, -0.2) is 0 Å². The number of hydrogen-bond donors (Lipinski definition) is 6. The Morgan fingerprint density at radius 3 is 1.42 bits per heavy atom. The van der Waals surface area contributed by atoms with Crippen molar-refractivity contribution >= 4 is 5.91 Å². The van der Waals surface area contributed by atoms with Gasteiger partial charge in [-0.15, -0.1) is 0 Å². The zero-order chi connectivity index (χ0) is 43.0. The maximum atomic E-state index is 12.7. The zero-order valence-electron chi connectivity index (χ0n) is 38.3. The number of amides is 1. The van der Waals surface area contributed by atoms with Crippen LogP contribution in [0.5, 0.6) is 0 Å². The highest BCUT2D eigenvalue weighted by Crippen LogP contribution is 2.23. The van der Waals surface area contributed by atoms with Crippen LogP contribution in [0.3, 0.4) is 0 Å². The number of rotatable bonds is 42. The first-order valence-electron chi connectivity index (χ1n) is 25.1. The van der Waals surface area contributed by atoms with E-state index in [4.69, 9.17) is 9.47 Å². The smallest absolute Gasteiger partial charge is 0.220 e. The molecule has 1 amide bonds. The van der Waals surface area contributed by atoms with E-state index in [9.17, 15) is 30.3 Å². The van der Waals surface area contributed by atoms with Gasteiger partial charge in [-0.05, 0) is 32.1 Å². The van der Waals surface area contributed by atoms with E-state index in [-0.39, 0.29) is 12.5 Å². The minimum atomic E-state index is -1.57. The molecule has 348 valence electrons. The van der Waals surface area contributed by atoms with Crippen molar-refractivity contribution in [2.45, 2.75) is 275 Å². The monoisotopic (exact) mass is 838 g/mol. The summed E-state index contributed by atoms with van der Waals surface area (Å²) in [5, 5.41) is 53.7. The molecular formula is C50H95NO8. The number of carbonyl (C=O) groups excluding carboxylic acids is 1. The molecule has 1 saturated heterocycles. The van der Waals surface area contributed by atoms with E-state index in [0.717, 1.165) is 44.9 Å². The number of aliphatic hydroxyl groups is 5. The summed E-state index contributed by atoms with van der Waals surface area (Å²) >= 11 is 0. The molecule has 1 rings (SSSR count). The Bertz CT molecular complexity index is 977. The van der Waals surface area contributed by atoms with E-state index < -0.39 is 49.5 Å². The molecule has 1 aliphatic rings. The highest BCUT2D eigenvalue weighted by Gasteiger charge is 2.44. The Morgan fingerprint density at radius 2 is 0.966 bits per heavy atom. The first-order chi connectivity index (χ1) is 28.8. The van der Waals surface area contributed by atoms with E-state index in [1.165, 1.54) is 167 Å². The van der Waals surface area contributed by atoms with Crippen LogP contribution >= 0.6 is 0 Å². The summed E-state index contributed by atoms with van der Waals surface area (Å²) in [6, 6.07) is -0.814. The highest BCUT2D eigenvalue weighted by molar-refractivity contribution is 5.76. The van der Waals surface area contributed by atoms with Crippen molar-refractivity contribution in [1.82, 2.24) is 5.32 Å². The van der Waals surface area contributed by atoms with Crippen LogP contribution in [0.15, 0.2) is 24.3 Å². The van der Waals surface area contributed by atoms with Gasteiger partial charge in [0.15, 0.2) is 6.29 Å². The molecule has 7 atom stereocenters. The van der Waals surface area contributed by atoms with Crippen LogP contribution in [-0.4, -0.2) is 87.5 Å². The maximum absolute atomic E-state index is 12.7. The minimum Gasteiger partial charge on any atom is -0.394 e. The number of ether oxygens (including phenoxy) is 2. The first kappa shape index (κ1) is 55.7. The second-order valence-electron chi connectivity index (χ2n) is 17.6.